The van der Waals surface area contributed by atoms with E-state index in [1.165, 1.54) is 12.1 Å². The van der Waals surface area contributed by atoms with E-state index in [2.05, 4.69) is 10.3 Å². The van der Waals surface area contributed by atoms with Crippen LogP contribution in [-0.2, 0) is 11.2 Å². The SMILES string of the molecule is CN(CCC1(C(=O)O)Cc2cc(C(=O)O)ccc2N1)C(N)=NCCO. The molecule has 9 heteroatoms. The van der Waals surface area contributed by atoms with E-state index in [9.17, 15) is 14.7 Å². The number of aliphatic hydroxyl groups is 1. The fourth-order valence-electron chi connectivity index (χ4n) is 2.77. The first-order valence-electron chi connectivity index (χ1n) is 7.79. The Balaban J connectivity index is 2.13. The lowest BCUT2D eigenvalue weighted by molar-refractivity contribution is -0.142. The average molecular weight is 350 g/mol. The lowest BCUT2D eigenvalue weighted by Gasteiger charge is -2.28. The molecule has 1 aliphatic rings. The number of aromatic carboxylic acids is 1. The van der Waals surface area contributed by atoms with Gasteiger partial charge in [-0.05, 0) is 30.2 Å². The summed E-state index contributed by atoms with van der Waals surface area (Å²) >= 11 is 0. The molecule has 1 aromatic carbocycles. The quantitative estimate of drug-likeness (QED) is 0.335. The smallest absolute Gasteiger partial charge is 0.335 e. The van der Waals surface area contributed by atoms with E-state index in [1.54, 1.807) is 18.0 Å². The van der Waals surface area contributed by atoms with Gasteiger partial charge in [0.25, 0.3) is 0 Å². The third-order valence-corrected chi connectivity index (χ3v) is 4.27. The van der Waals surface area contributed by atoms with Gasteiger partial charge in [-0.25, -0.2) is 9.59 Å². The minimum absolute atomic E-state index is 0.115. The van der Waals surface area contributed by atoms with Gasteiger partial charge in [0, 0.05) is 25.7 Å². The van der Waals surface area contributed by atoms with Crippen LogP contribution in [0.3, 0.4) is 0 Å². The summed E-state index contributed by atoms with van der Waals surface area (Å²) in [5.74, 6) is -1.85. The predicted octanol–water partition coefficient (Wildman–Crippen LogP) is -0.195. The van der Waals surface area contributed by atoms with E-state index >= 15 is 0 Å². The van der Waals surface area contributed by atoms with E-state index in [-0.39, 0.29) is 37.5 Å². The molecule has 0 saturated carbocycles. The van der Waals surface area contributed by atoms with Gasteiger partial charge in [0.05, 0.1) is 18.7 Å². The van der Waals surface area contributed by atoms with E-state index in [1.807, 2.05) is 0 Å². The van der Waals surface area contributed by atoms with Gasteiger partial charge in [-0.1, -0.05) is 0 Å². The summed E-state index contributed by atoms with van der Waals surface area (Å²) in [6, 6.07) is 4.53. The largest absolute Gasteiger partial charge is 0.479 e. The second-order valence-electron chi connectivity index (χ2n) is 6.00. The second-order valence-corrected chi connectivity index (χ2v) is 6.00. The number of rotatable bonds is 7. The highest BCUT2D eigenvalue weighted by atomic mass is 16.4. The average Bonchev–Trinajstić information content (AvgIpc) is 2.96. The molecule has 1 atom stereocenters. The number of aliphatic carboxylic acids is 1. The van der Waals surface area contributed by atoms with E-state index < -0.39 is 17.5 Å². The molecule has 1 aromatic rings. The number of fused-ring (bicyclic) bond motifs is 1. The van der Waals surface area contributed by atoms with Crippen molar-refractivity contribution in [3.8, 4) is 0 Å². The molecule has 0 amide bonds. The molecule has 1 heterocycles. The fraction of sp³-hybridized carbons (Fsp3) is 0.438. The molecule has 0 spiro atoms. The highest BCUT2D eigenvalue weighted by molar-refractivity contribution is 5.91. The molecule has 1 unspecified atom stereocenters. The zero-order chi connectivity index (χ0) is 18.6. The molecule has 0 aromatic heterocycles. The summed E-state index contributed by atoms with van der Waals surface area (Å²) < 4.78 is 0. The highest BCUT2D eigenvalue weighted by Crippen LogP contribution is 2.35. The van der Waals surface area contributed by atoms with Crippen molar-refractivity contribution in [2.75, 3.05) is 32.1 Å². The Labute approximate surface area is 144 Å². The first kappa shape index (κ1) is 18.5. The molecule has 6 N–H and O–H groups in total. The van der Waals surface area contributed by atoms with Crippen molar-refractivity contribution in [3.63, 3.8) is 0 Å². The summed E-state index contributed by atoms with van der Waals surface area (Å²) in [6.45, 7) is 0.401. The number of hydrogen-bond donors (Lipinski definition) is 5. The summed E-state index contributed by atoms with van der Waals surface area (Å²) in [7, 11) is 1.69. The zero-order valence-corrected chi connectivity index (χ0v) is 13.9. The minimum atomic E-state index is -1.23. The first-order chi connectivity index (χ1) is 11.8. The van der Waals surface area contributed by atoms with Gasteiger partial charge >= 0.3 is 11.9 Å². The molecule has 0 radical (unpaired) electrons. The monoisotopic (exact) mass is 350 g/mol. The Bertz CT molecular complexity index is 706. The van der Waals surface area contributed by atoms with Crippen LogP contribution in [0.25, 0.3) is 0 Å². The number of carboxylic acids is 2. The van der Waals surface area contributed by atoms with Crippen molar-refractivity contribution < 1.29 is 24.9 Å². The van der Waals surface area contributed by atoms with Gasteiger partial charge in [-0.2, -0.15) is 0 Å². The number of carbonyl (C=O) groups is 2. The Morgan fingerprint density at radius 1 is 1.40 bits per heavy atom. The summed E-state index contributed by atoms with van der Waals surface area (Å²) in [5.41, 5.74) is 5.95. The van der Waals surface area contributed by atoms with Crippen molar-refractivity contribution in [2.45, 2.75) is 18.4 Å². The van der Waals surface area contributed by atoms with Gasteiger partial charge < -0.3 is 31.3 Å². The standard InChI is InChI=1S/C16H22N4O5/c1-20(15(17)18-5-7-21)6-4-16(14(24)25)9-11-8-10(13(22)23)2-3-12(11)19-16/h2-3,8,19,21H,4-7,9H2,1H3,(H2,17,18)(H,22,23)(H,24,25). The predicted molar refractivity (Wildman–Crippen MR) is 91.9 cm³/mol. The van der Waals surface area contributed by atoms with Gasteiger partial charge in [-0.3, -0.25) is 4.99 Å². The van der Waals surface area contributed by atoms with E-state index in [0.29, 0.717) is 17.8 Å². The number of nitrogens with zero attached hydrogens (tertiary/aromatic N) is 2. The molecule has 0 bridgehead atoms. The topological polar surface area (TPSA) is 148 Å². The van der Waals surface area contributed by atoms with Gasteiger partial charge in [-0.15, -0.1) is 0 Å². The van der Waals surface area contributed by atoms with E-state index in [0.717, 1.165) is 0 Å². The fourth-order valence-corrected chi connectivity index (χ4v) is 2.77. The molecule has 1 aliphatic heterocycles. The maximum atomic E-state index is 11.9. The van der Waals surface area contributed by atoms with Crippen LogP contribution in [-0.4, -0.2) is 70.4 Å². The number of nitrogens with two attached hydrogens (primary N) is 1. The zero-order valence-electron chi connectivity index (χ0n) is 13.9. The Morgan fingerprint density at radius 3 is 2.72 bits per heavy atom. The number of carboxylic acid groups (broad SMARTS) is 2. The lowest BCUT2D eigenvalue weighted by atomic mass is 9.91. The van der Waals surface area contributed by atoms with E-state index in [4.69, 9.17) is 15.9 Å². The lowest BCUT2D eigenvalue weighted by Crippen LogP contribution is -2.48. The Hall–Kier alpha value is -2.81. The summed E-state index contributed by atoms with van der Waals surface area (Å²) in [4.78, 5) is 28.5. The van der Waals surface area contributed by atoms with Crippen molar-refractivity contribution in [1.82, 2.24) is 4.90 Å². The first-order valence-corrected chi connectivity index (χ1v) is 7.79. The number of benzene rings is 1. The maximum Gasteiger partial charge on any atom is 0.335 e. The van der Waals surface area contributed by atoms with Crippen molar-refractivity contribution >= 4 is 23.6 Å². The molecule has 0 fully saturated rings. The molecule has 25 heavy (non-hydrogen) atoms. The number of nitrogens with one attached hydrogen (secondary N) is 1. The molecular weight excluding hydrogens is 328 g/mol. The van der Waals surface area contributed by atoms with Crippen LogP contribution >= 0.6 is 0 Å². The van der Waals surface area contributed by atoms with Crippen LogP contribution in [0.4, 0.5) is 5.69 Å². The van der Waals surface area contributed by atoms with Crippen molar-refractivity contribution in [1.29, 1.82) is 0 Å². The molecular formula is C16H22N4O5. The van der Waals surface area contributed by atoms with Crippen LogP contribution in [0, 0.1) is 0 Å². The molecule has 0 aliphatic carbocycles. The van der Waals surface area contributed by atoms with Crippen LogP contribution < -0.4 is 11.1 Å². The number of aliphatic hydroxyl groups excluding tert-OH is 1. The van der Waals surface area contributed by atoms with Crippen LogP contribution in [0.1, 0.15) is 22.3 Å². The van der Waals surface area contributed by atoms with Gasteiger partial charge in [0.1, 0.15) is 5.54 Å². The Kier molecular flexibility index (Phi) is 5.48. The number of anilines is 1. The van der Waals surface area contributed by atoms with Crippen molar-refractivity contribution in [3.05, 3.63) is 29.3 Å². The van der Waals surface area contributed by atoms with Crippen LogP contribution in [0.5, 0.6) is 0 Å². The second kappa shape index (κ2) is 7.39. The highest BCUT2D eigenvalue weighted by Gasteiger charge is 2.44. The Morgan fingerprint density at radius 2 is 2.12 bits per heavy atom. The maximum absolute atomic E-state index is 11.9. The number of aliphatic imine (C=N–C) groups is 1. The number of guanidine groups is 1. The molecule has 0 saturated heterocycles. The van der Waals surface area contributed by atoms with Gasteiger partial charge in [0.2, 0.25) is 0 Å². The third-order valence-electron chi connectivity index (χ3n) is 4.27. The summed E-state index contributed by atoms with van der Waals surface area (Å²) in [5, 5.41) is 30.6. The van der Waals surface area contributed by atoms with Crippen molar-refractivity contribution in [2.24, 2.45) is 10.7 Å². The number of hydrogen-bond acceptors (Lipinski definition) is 5. The molecule has 9 nitrogen and oxygen atoms in total. The molecule has 136 valence electrons. The summed E-state index contributed by atoms with van der Waals surface area (Å²) in [6.07, 6.45) is 0.422. The van der Waals surface area contributed by atoms with Gasteiger partial charge in [0.15, 0.2) is 5.96 Å². The minimum Gasteiger partial charge on any atom is -0.479 e. The third kappa shape index (κ3) is 4.00. The van der Waals surface area contributed by atoms with Crippen LogP contribution in [0.2, 0.25) is 0 Å². The normalized spacial score (nSPS) is 19.2. The molecule has 2 rings (SSSR count). The van der Waals surface area contributed by atoms with Crippen LogP contribution in [0.15, 0.2) is 23.2 Å².